The van der Waals surface area contributed by atoms with Crippen LogP contribution in [0.2, 0.25) is 0 Å². The van der Waals surface area contributed by atoms with Crippen LogP contribution in [0, 0.1) is 0 Å². The average molecular weight is 400 g/mol. The minimum Gasteiger partial charge on any atom is -0.747 e. The SMILES string of the molecule is CC(=O)CCC(N)S(=O)(=O)[O-].CC(=O)CCC(N)S(=O)(=O)[O-].[Ca+2]. The van der Waals surface area contributed by atoms with Crippen LogP contribution in [0.5, 0.6) is 0 Å². The molecule has 0 heterocycles. The van der Waals surface area contributed by atoms with Gasteiger partial charge in [0.1, 0.15) is 31.8 Å². The van der Waals surface area contributed by atoms with E-state index in [4.69, 9.17) is 11.5 Å². The maximum atomic E-state index is 10.3. The molecule has 23 heavy (non-hydrogen) atoms. The van der Waals surface area contributed by atoms with Crippen molar-refractivity contribution in [3.63, 3.8) is 0 Å². The summed E-state index contributed by atoms with van der Waals surface area (Å²) in [5.41, 5.74) is 9.89. The molecule has 0 aliphatic carbocycles. The Balaban J connectivity index is -0.000000333. The molecule has 4 N–H and O–H groups in total. The third-order valence-corrected chi connectivity index (χ3v) is 4.26. The Morgan fingerprint density at radius 2 is 1.04 bits per heavy atom. The molecule has 0 saturated heterocycles. The first-order valence-electron chi connectivity index (χ1n) is 6.07. The summed E-state index contributed by atoms with van der Waals surface area (Å²) in [7, 11) is -8.85. The van der Waals surface area contributed by atoms with Crippen LogP contribution in [0.1, 0.15) is 39.5 Å². The molecule has 0 aromatic heterocycles. The van der Waals surface area contributed by atoms with Gasteiger partial charge in [0.05, 0.1) is 10.7 Å². The number of carbonyl (C=O) groups excluding carboxylic acids is 2. The molecule has 13 heteroatoms. The fourth-order valence-corrected chi connectivity index (χ4v) is 1.79. The van der Waals surface area contributed by atoms with Crippen molar-refractivity contribution < 1.29 is 35.5 Å². The molecular formula is C10H20CaN2O8S2. The van der Waals surface area contributed by atoms with E-state index >= 15 is 0 Å². The van der Waals surface area contributed by atoms with Gasteiger partial charge in [-0.05, 0) is 26.7 Å². The Labute approximate surface area is 165 Å². The standard InChI is InChI=1S/2C5H11NO4S.Ca/c2*1-4(7)2-3-5(6)11(8,9)10;/h2*5H,2-3,6H2,1H3,(H,8,9,10);/q;;+2/p-2. The molecule has 2 atom stereocenters. The molecule has 0 fully saturated rings. The molecule has 0 aliphatic heterocycles. The van der Waals surface area contributed by atoms with E-state index in [1.807, 2.05) is 0 Å². The van der Waals surface area contributed by atoms with Crippen molar-refractivity contribution in [3.05, 3.63) is 0 Å². The first-order chi connectivity index (χ1) is 9.67. The van der Waals surface area contributed by atoms with Crippen molar-refractivity contribution >= 4 is 69.5 Å². The number of Topliss-reactive ketones (excluding diaryl/α,β-unsaturated/α-hetero) is 2. The van der Waals surface area contributed by atoms with Gasteiger partial charge in [0, 0.05) is 12.8 Å². The van der Waals surface area contributed by atoms with Crippen molar-refractivity contribution in [2.75, 3.05) is 0 Å². The van der Waals surface area contributed by atoms with Gasteiger partial charge >= 0.3 is 37.7 Å². The van der Waals surface area contributed by atoms with E-state index in [1.54, 1.807) is 0 Å². The van der Waals surface area contributed by atoms with Crippen molar-refractivity contribution in [2.24, 2.45) is 11.5 Å². The van der Waals surface area contributed by atoms with Crippen LogP contribution in [0.15, 0.2) is 0 Å². The zero-order valence-electron chi connectivity index (χ0n) is 12.9. The smallest absolute Gasteiger partial charge is 0.747 e. The molecule has 0 amide bonds. The molecule has 0 aromatic carbocycles. The van der Waals surface area contributed by atoms with Crippen LogP contribution < -0.4 is 11.5 Å². The minimum absolute atomic E-state index is 0. The quantitative estimate of drug-likeness (QED) is 0.338. The number of ketones is 2. The predicted molar refractivity (Wildman–Crippen MR) is 80.9 cm³/mol. The number of rotatable bonds is 8. The maximum absolute atomic E-state index is 10.3. The van der Waals surface area contributed by atoms with Gasteiger partial charge < -0.3 is 30.2 Å². The molecule has 132 valence electrons. The van der Waals surface area contributed by atoms with Gasteiger partial charge in [-0.25, -0.2) is 16.8 Å². The van der Waals surface area contributed by atoms with E-state index in [1.165, 1.54) is 13.8 Å². The van der Waals surface area contributed by atoms with Gasteiger partial charge in [0.2, 0.25) is 0 Å². The van der Waals surface area contributed by atoms with Gasteiger partial charge in [-0.3, -0.25) is 0 Å². The monoisotopic (exact) mass is 400 g/mol. The Hall–Kier alpha value is 0.340. The van der Waals surface area contributed by atoms with Crippen molar-refractivity contribution in [1.29, 1.82) is 0 Å². The van der Waals surface area contributed by atoms with Crippen LogP contribution in [0.25, 0.3) is 0 Å². The summed E-state index contributed by atoms with van der Waals surface area (Å²) in [5, 5.41) is -2.90. The molecule has 2 unspecified atom stereocenters. The van der Waals surface area contributed by atoms with E-state index in [0.717, 1.165) is 0 Å². The summed E-state index contributed by atoms with van der Waals surface area (Å²) >= 11 is 0. The van der Waals surface area contributed by atoms with Crippen molar-refractivity contribution in [2.45, 2.75) is 50.3 Å². The summed E-state index contributed by atoms with van der Waals surface area (Å²) in [6.07, 6.45) is -0.131. The van der Waals surface area contributed by atoms with E-state index in [0.29, 0.717) is 0 Å². The minimum atomic E-state index is -4.42. The number of nitrogens with two attached hydrogens (primary N) is 2. The van der Waals surface area contributed by atoms with Crippen molar-refractivity contribution in [3.8, 4) is 0 Å². The third-order valence-electron chi connectivity index (χ3n) is 2.30. The second-order valence-electron chi connectivity index (χ2n) is 4.54. The average Bonchev–Trinajstić information content (AvgIpc) is 2.31. The van der Waals surface area contributed by atoms with E-state index in [9.17, 15) is 35.5 Å². The topological polar surface area (TPSA) is 201 Å². The molecule has 0 saturated carbocycles. The summed E-state index contributed by atoms with van der Waals surface area (Å²) < 4.78 is 60.9. The number of hydrogen-bond donors (Lipinski definition) is 2. The van der Waals surface area contributed by atoms with E-state index < -0.39 is 31.0 Å². The third kappa shape index (κ3) is 18.5. The van der Waals surface area contributed by atoms with Crippen LogP contribution in [-0.4, -0.2) is 86.0 Å². The zero-order chi connectivity index (χ0) is 18.1. The first kappa shape index (κ1) is 28.2. The summed E-state index contributed by atoms with van der Waals surface area (Å²) in [6, 6.07) is 0. The molecular weight excluding hydrogens is 380 g/mol. The molecule has 0 bridgehead atoms. The van der Waals surface area contributed by atoms with Gasteiger partial charge in [-0.1, -0.05) is 0 Å². The van der Waals surface area contributed by atoms with Gasteiger partial charge in [-0.2, -0.15) is 0 Å². The number of hydrogen-bond acceptors (Lipinski definition) is 10. The second-order valence-corrected chi connectivity index (χ2v) is 7.73. The molecule has 0 aromatic rings. The number of carbonyl (C=O) groups is 2. The van der Waals surface area contributed by atoms with Crippen LogP contribution in [0.3, 0.4) is 0 Å². The second kappa shape index (κ2) is 12.7. The normalized spacial score (nSPS) is 13.8. The zero-order valence-corrected chi connectivity index (χ0v) is 16.8. The summed E-state index contributed by atoms with van der Waals surface area (Å²) in [4.78, 5) is 20.6. The van der Waals surface area contributed by atoms with E-state index in [-0.39, 0.29) is 75.0 Å². The Morgan fingerprint density at radius 1 is 0.826 bits per heavy atom. The Kier molecular flexibility index (Phi) is 15.5. The van der Waals surface area contributed by atoms with Crippen LogP contribution in [0.4, 0.5) is 0 Å². The summed E-state index contributed by atoms with van der Waals surface area (Å²) in [5.74, 6) is -0.354. The predicted octanol–water partition coefficient (Wildman–Crippen LogP) is -2.01. The van der Waals surface area contributed by atoms with Crippen LogP contribution >= 0.6 is 0 Å². The van der Waals surface area contributed by atoms with E-state index in [2.05, 4.69) is 0 Å². The Morgan fingerprint density at radius 3 is 1.17 bits per heavy atom. The van der Waals surface area contributed by atoms with Crippen molar-refractivity contribution in [1.82, 2.24) is 0 Å². The van der Waals surface area contributed by atoms with Gasteiger partial charge in [0.15, 0.2) is 0 Å². The maximum Gasteiger partial charge on any atom is 2.00 e. The van der Waals surface area contributed by atoms with Gasteiger partial charge in [-0.15, -0.1) is 0 Å². The largest absolute Gasteiger partial charge is 2.00 e. The first-order valence-corrected chi connectivity index (χ1v) is 9.01. The molecule has 0 radical (unpaired) electrons. The fourth-order valence-electron chi connectivity index (χ4n) is 0.980. The molecule has 0 rings (SSSR count). The van der Waals surface area contributed by atoms with Gasteiger partial charge in [0.25, 0.3) is 0 Å². The molecule has 0 aliphatic rings. The fraction of sp³-hybridized carbons (Fsp3) is 0.800. The summed E-state index contributed by atoms with van der Waals surface area (Å²) in [6.45, 7) is 2.62. The molecule has 0 spiro atoms. The Bertz CT molecular complexity index is 524. The van der Waals surface area contributed by atoms with Crippen LogP contribution in [-0.2, 0) is 29.8 Å². The molecule has 10 nitrogen and oxygen atoms in total.